The van der Waals surface area contributed by atoms with Gasteiger partial charge in [-0.3, -0.25) is 4.98 Å². The van der Waals surface area contributed by atoms with E-state index >= 15 is 0 Å². The van der Waals surface area contributed by atoms with Crippen molar-refractivity contribution in [2.75, 3.05) is 5.75 Å². The van der Waals surface area contributed by atoms with E-state index in [9.17, 15) is 12.8 Å². The maximum absolute atomic E-state index is 13.5. The van der Waals surface area contributed by atoms with Gasteiger partial charge in [-0.05, 0) is 66.4 Å². The van der Waals surface area contributed by atoms with Gasteiger partial charge in [0.1, 0.15) is 5.82 Å². The number of hydrogen-bond donors (Lipinski definition) is 1. The normalized spacial score (nSPS) is 32.6. The number of sulfonamides is 1. The van der Waals surface area contributed by atoms with E-state index in [1.807, 2.05) is 24.3 Å². The number of nitrogens with zero attached hydrogens (tertiary/aromatic N) is 1. The van der Waals surface area contributed by atoms with Crippen molar-refractivity contribution in [1.29, 1.82) is 0 Å². The van der Waals surface area contributed by atoms with Crippen molar-refractivity contribution in [3.63, 3.8) is 0 Å². The molecule has 0 amide bonds. The zero-order chi connectivity index (χ0) is 20.7. The van der Waals surface area contributed by atoms with E-state index < -0.39 is 10.0 Å². The van der Waals surface area contributed by atoms with Gasteiger partial charge in [-0.15, -0.1) is 0 Å². The molecule has 4 nitrogen and oxygen atoms in total. The molecule has 30 heavy (non-hydrogen) atoms. The monoisotopic (exact) mass is 426 g/mol. The molecule has 3 aliphatic rings. The highest BCUT2D eigenvalue weighted by Gasteiger charge is 2.49. The lowest BCUT2D eigenvalue weighted by Gasteiger charge is -2.45. The van der Waals surface area contributed by atoms with Crippen LogP contribution < -0.4 is 4.72 Å². The molecule has 5 rings (SSSR count). The molecule has 0 spiro atoms. The van der Waals surface area contributed by atoms with Crippen molar-refractivity contribution in [1.82, 2.24) is 9.71 Å². The predicted molar refractivity (Wildman–Crippen MR) is 116 cm³/mol. The van der Waals surface area contributed by atoms with E-state index in [1.165, 1.54) is 37.8 Å². The molecule has 2 heterocycles. The second-order valence-corrected chi connectivity index (χ2v) is 10.8. The van der Waals surface area contributed by atoms with E-state index in [1.54, 1.807) is 12.3 Å². The number of aromatic nitrogens is 1. The second kappa shape index (κ2) is 7.89. The van der Waals surface area contributed by atoms with E-state index in [-0.39, 0.29) is 29.4 Å². The number of benzene rings is 1. The molecular weight excluding hydrogens is 399 g/mol. The maximum Gasteiger partial charge on any atom is 0.212 e. The molecule has 1 N–H and O–H groups in total. The molecule has 5 atom stereocenters. The van der Waals surface area contributed by atoms with Gasteiger partial charge in [0.25, 0.3) is 0 Å². The Morgan fingerprint density at radius 2 is 1.93 bits per heavy atom. The molecule has 158 valence electrons. The molecule has 1 aromatic heterocycles. The fraction of sp³-hybridized carbons (Fsp3) is 0.458. The number of fused-ring (bicyclic) bond motifs is 2. The molecule has 1 saturated heterocycles. The highest BCUT2D eigenvalue weighted by Crippen LogP contribution is 2.48. The zero-order valence-corrected chi connectivity index (χ0v) is 17.7. The maximum atomic E-state index is 13.5. The second-order valence-electron chi connectivity index (χ2n) is 9.05. The van der Waals surface area contributed by atoms with Gasteiger partial charge in [-0.1, -0.05) is 43.5 Å². The molecule has 0 radical (unpaired) electrons. The minimum absolute atomic E-state index is 0.0113. The SMILES string of the molecule is O=S1(=O)C[C@H]2CC3CCCCC3C(/C=C/c3ccc(-c4cccc(F)c4)cn3)[C@H]2N1. The number of hydrogen-bond acceptors (Lipinski definition) is 3. The summed E-state index contributed by atoms with van der Waals surface area (Å²) >= 11 is 0. The molecular formula is C24H27FN2O2S. The summed E-state index contributed by atoms with van der Waals surface area (Å²) in [5.74, 6) is 1.62. The predicted octanol–water partition coefficient (Wildman–Crippen LogP) is 4.65. The van der Waals surface area contributed by atoms with E-state index in [2.05, 4.69) is 15.8 Å². The molecule has 2 saturated carbocycles. The first kappa shape index (κ1) is 19.9. The summed E-state index contributed by atoms with van der Waals surface area (Å²) in [5.41, 5.74) is 2.52. The summed E-state index contributed by atoms with van der Waals surface area (Å²) in [5, 5.41) is 0. The average molecular weight is 427 g/mol. The quantitative estimate of drug-likeness (QED) is 0.778. The first-order valence-corrected chi connectivity index (χ1v) is 12.5. The zero-order valence-electron chi connectivity index (χ0n) is 16.9. The van der Waals surface area contributed by atoms with Crippen LogP contribution in [0.15, 0.2) is 48.7 Å². The first-order chi connectivity index (χ1) is 14.5. The van der Waals surface area contributed by atoms with Gasteiger partial charge >= 0.3 is 0 Å². The smallest absolute Gasteiger partial charge is 0.212 e. The van der Waals surface area contributed by atoms with Crippen LogP contribution in [-0.2, 0) is 10.0 Å². The Labute approximate surface area is 177 Å². The van der Waals surface area contributed by atoms with Gasteiger partial charge in [-0.2, -0.15) is 0 Å². The van der Waals surface area contributed by atoms with Crippen LogP contribution in [0.5, 0.6) is 0 Å². The summed E-state index contributed by atoms with van der Waals surface area (Å²) in [6.07, 6.45) is 11.9. The Bertz CT molecular complexity index is 1050. The fourth-order valence-corrected chi connectivity index (χ4v) is 7.62. The fourth-order valence-electron chi connectivity index (χ4n) is 5.85. The van der Waals surface area contributed by atoms with E-state index in [4.69, 9.17) is 0 Å². The van der Waals surface area contributed by atoms with Crippen molar-refractivity contribution < 1.29 is 12.8 Å². The lowest BCUT2D eigenvalue weighted by atomic mass is 9.61. The summed E-state index contributed by atoms with van der Waals surface area (Å²) in [6.45, 7) is 0. The third kappa shape index (κ3) is 3.95. The van der Waals surface area contributed by atoms with Crippen LogP contribution in [-0.4, -0.2) is 25.2 Å². The number of rotatable bonds is 3. The lowest BCUT2D eigenvalue weighted by Crippen LogP contribution is -2.47. The van der Waals surface area contributed by atoms with Crippen LogP contribution in [0.4, 0.5) is 4.39 Å². The van der Waals surface area contributed by atoms with Crippen LogP contribution in [0.2, 0.25) is 0 Å². The number of nitrogens with one attached hydrogen (secondary N) is 1. The number of pyridine rings is 1. The largest absolute Gasteiger partial charge is 0.256 e. The molecule has 1 aliphatic heterocycles. The van der Waals surface area contributed by atoms with Gasteiger partial charge < -0.3 is 0 Å². The highest BCUT2D eigenvalue weighted by molar-refractivity contribution is 7.89. The van der Waals surface area contributed by atoms with Crippen LogP contribution in [0, 0.1) is 29.5 Å². The summed E-state index contributed by atoms with van der Waals surface area (Å²) in [7, 11) is -3.16. The van der Waals surface area contributed by atoms with E-state index in [0.717, 1.165) is 23.2 Å². The van der Waals surface area contributed by atoms with E-state index in [0.29, 0.717) is 11.8 Å². The van der Waals surface area contributed by atoms with Gasteiger partial charge in [0.2, 0.25) is 10.0 Å². The Kier molecular flexibility index (Phi) is 5.23. The minimum Gasteiger partial charge on any atom is -0.256 e. The van der Waals surface area contributed by atoms with Gasteiger partial charge in [0, 0.05) is 17.8 Å². The summed E-state index contributed by atoms with van der Waals surface area (Å²) in [6, 6.07) is 10.4. The van der Waals surface area contributed by atoms with Crippen molar-refractivity contribution in [3.8, 4) is 11.1 Å². The first-order valence-electron chi connectivity index (χ1n) is 10.9. The Balaban J connectivity index is 1.38. The van der Waals surface area contributed by atoms with Crippen molar-refractivity contribution in [2.24, 2.45) is 23.7 Å². The Hall–Kier alpha value is -2.05. The molecule has 1 aromatic carbocycles. The van der Waals surface area contributed by atoms with Crippen LogP contribution in [0.25, 0.3) is 17.2 Å². The molecule has 0 bridgehead atoms. The van der Waals surface area contributed by atoms with Crippen LogP contribution in [0.3, 0.4) is 0 Å². The third-order valence-electron chi connectivity index (χ3n) is 7.17. The highest BCUT2D eigenvalue weighted by atomic mass is 32.2. The standard InChI is InChI=1S/C24H27FN2O2S/c25-20-6-3-5-16(13-20)18-8-9-21(26-14-18)10-11-23-22-7-2-1-4-17(22)12-19-15-30(28,29)27-24(19)23/h3,5-6,8-11,13-14,17,19,22-24,27H,1-2,4,7,12,15H2/b11-10+/t17?,19-,22?,23?,24+/m1/s1. The van der Waals surface area contributed by atoms with Gasteiger partial charge in [0.05, 0.1) is 11.4 Å². The topological polar surface area (TPSA) is 59.1 Å². The van der Waals surface area contributed by atoms with Gasteiger partial charge in [-0.25, -0.2) is 17.5 Å². The molecule has 2 aromatic rings. The Morgan fingerprint density at radius 3 is 2.73 bits per heavy atom. The van der Waals surface area contributed by atoms with Crippen molar-refractivity contribution >= 4 is 16.1 Å². The molecule has 2 aliphatic carbocycles. The summed E-state index contributed by atoms with van der Waals surface area (Å²) in [4.78, 5) is 4.54. The van der Waals surface area contributed by atoms with Crippen molar-refractivity contribution in [3.05, 3.63) is 60.2 Å². The molecule has 6 heteroatoms. The van der Waals surface area contributed by atoms with Crippen molar-refractivity contribution in [2.45, 2.75) is 38.1 Å². The summed E-state index contributed by atoms with van der Waals surface area (Å²) < 4.78 is 40.9. The lowest BCUT2D eigenvalue weighted by molar-refractivity contribution is 0.0797. The third-order valence-corrected chi connectivity index (χ3v) is 8.67. The molecule has 3 unspecified atom stereocenters. The van der Waals surface area contributed by atoms with Crippen LogP contribution in [0.1, 0.15) is 37.8 Å². The average Bonchev–Trinajstić information content (AvgIpc) is 3.05. The van der Waals surface area contributed by atoms with Crippen LogP contribution >= 0.6 is 0 Å². The minimum atomic E-state index is -3.16. The van der Waals surface area contributed by atoms with Gasteiger partial charge in [0.15, 0.2) is 0 Å². The Morgan fingerprint density at radius 1 is 1.07 bits per heavy atom. The molecule has 3 fully saturated rings. The number of halogens is 1.